The minimum atomic E-state index is 0.694. The Morgan fingerprint density at radius 1 is 0.565 bits per heavy atom. The van der Waals surface area contributed by atoms with Crippen molar-refractivity contribution in [3.63, 3.8) is 0 Å². The van der Waals surface area contributed by atoms with Gasteiger partial charge in [-0.05, 0) is 110 Å². The van der Waals surface area contributed by atoms with Gasteiger partial charge in [0.05, 0.1) is 0 Å². The Kier molecular flexibility index (Phi) is 4.40. The first kappa shape index (κ1) is 16.9. The fraction of sp³-hybridized carbons (Fsp3) is 1.00. The van der Waals surface area contributed by atoms with Crippen LogP contribution >= 0.6 is 8.58 Å². The Labute approximate surface area is 146 Å². The van der Waals surface area contributed by atoms with E-state index in [9.17, 15) is 0 Å². The third-order valence-corrected chi connectivity index (χ3v) is 9.86. The van der Waals surface area contributed by atoms with Gasteiger partial charge >= 0.3 is 0 Å². The Bertz CT molecular complexity index is 365. The van der Waals surface area contributed by atoms with Crippen LogP contribution in [0, 0.1) is 35.5 Å². The Morgan fingerprint density at radius 3 is 1.17 bits per heavy atom. The Balaban J connectivity index is 1.45. The molecule has 4 fully saturated rings. The van der Waals surface area contributed by atoms with E-state index in [1.165, 1.54) is 34.3 Å². The zero-order chi connectivity index (χ0) is 16.2. The van der Waals surface area contributed by atoms with Gasteiger partial charge in [-0.15, -0.1) is 8.58 Å². The quantitative estimate of drug-likeness (QED) is 0.483. The summed E-state index contributed by atoms with van der Waals surface area (Å²) in [6.45, 7) is 10.4. The highest BCUT2D eigenvalue weighted by atomic mass is 31.1. The molecule has 0 heterocycles. The maximum atomic E-state index is 2.69. The molecule has 4 aliphatic rings. The topological polar surface area (TPSA) is 0 Å². The lowest BCUT2D eigenvalue weighted by Gasteiger charge is -2.54. The van der Waals surface area contributed by atoms with Crippen LogP contribution in [0.5, 0.6) is 0 Å². The van der Waals surface area contributed by atoms with Crippen LogP contribution in [0.2, 0.25) is 0 Å². The summed E-state index contributed by atoms with van der Waals surface area (Å²) >= 11 is 0. The first-order chi connectivity index (χ1) is 10.8. The predicted octanol–water partition coefficient (Wildman–Crippen LogP) is 6.87. The van der Waals surface area contributed by atoms with E-state index in [2.05, 4.69) is 27.7 Å². The summed E-state index contributed by atoms with van der Waals surface area (Å²) in [6, 6.07) is 0. The van der Waals surface area contributed by atoms with E-state index in [-0.39, 0.29) is 0 Å². The third kappa shape index (κ3) is 3.68. The Hall–Kier alpha value is 0.430. The summed E-state index contributed by atoms with van der Waals surface area (Å²) in [4.78, 5) is 0. The highest BCUT2D eigenvalue weighted by Gasteiger charge is 2.47. The molecule has 132 valence electrons. The molecule has 0 amide bonds. The molecule has 0 aromatic heterocycles. The second kappa shape index (κ2) is 6.00. The summed E-state index contributed by atoms with van der Waals surface area (Å²) in [6.07, 6.45) is 15.6. The molecule has 4 rings (SSSR count). The second-order valence-corrected chi connectivity index (χ2v) is 13.8. The van der Waals surface area contributed by atoms with Crippen molar-refractivity contribution < 1.29 is 0 Å². The van der Waals surface area contributed by atoms with E-state index < -0.39 is 0 Å². The van der Waals surface area contributed by atoms with Crippen LogP contribution in [0.1, 0.15) is 91.9 Å². The fourth-order valence-corrected chi connectivity index (χ4v) is 11.1. The van der Waals surface area contributed by atoms with Gasteiger partial charge in [0.1, 0.15) is 0 Å². The molecular weight excluding hydrogens is 295 g/mol. The van der Waals surface area contributed by atoms with E-state index in [1.54, 1.807) is 38.5 Å². The highest BCUT2D eigenvalue weighted by molar-refractivity contribution is 7.41. The summed E-state index contributed by atoms with van der Waals surface area (Å²) in [7, 11) is 1.24. The van der Waals surface area contributed by atoms with Crippen LogP contribution < -0.4 is 0 Å². The van der Waals surface area contributed by atoms with Crippen molar-refractivity contribution >= 4 is 8.58 Å². The van der Waals surface area contributed by atoms with Crippen LogP contribution in [0.3, 0.4) is 0 Å². The minimum absolute atomic E-state index is 0.694. The van der Waals surface area contributed by atoms with Crippen molar-refractivity contribution in [1.82, 2.24) is 0 Å². The lowest BCUT2D eigenvalue weighted by atomic mass is 9.64. The van der Waals surface area contributed by atoms with Gasteiger partial charge in [-0.1, -0.05) is 27.7 Å². The molecule has 4 saturated carbocycles. The molecule has 0 aromatic rings. The van der Waals surface area contributed by atoms with Crippen LogP contribution in [0.15, 0.2) is 0 Å². The molecule has 23 heavy (non-hydrogen) atoms. The normalized spacial score (nSPS) is 56.9. The summed E-state index contributed by atoms with van der Waals surface area (Å²) in [5.74, 6) is 6.31. The molecule has 0 aliphatic heterocycles. The standard InChI is InChI=1S/C22H39P/c1-15-5-17-9-18(6-15)12-21(3,11-17)23-22(4)13-19-7-16(2)8-20(10-19)14-22/h15-20,23H,5-14H2,1-4H3. The molecule has 4 atom stereocenters. The van der Waals surface area contributed by atoms with Crippen molar-refractivity contribution in [2.45, 2.75) is 102 Å². The van der Waals surface area contributed by atoms with E-state index in [4.69, 9.17) is 0 Å². The van der Waals surface area contributed by atoms with Gasteiger partial charge in [-0.2, -0.15) is 0 Å². The SMILES string of the molecule is CC1CC2CC(C1)CC(C)(PC1(C)CC3CC(C)CC(C3)C1)C2. The lowest BCUT2D eigenvalue weighted by molar-refractivity contribution is 0.112. The molecule has 0 aromatic carbocycles. The molecule has 4 unspecified atom stereocenters. The molecular formula is C22H39P. The van der Waals surface area contributed by atoms with Gasteiger partial charge in [-0.25, -0.2) is 0 Å². The van der Waals surface area contributed by atoms with E-state index in [0.717, 1.165) is 35.5 Å². The van der Waals surface area contributed by atoms with Crippen molar-refractivity contribution in [2.75, 3.05) is 0 Å². The van der Waals surface area contributed by atoms with Crippen LogP contribution in [0.25, 0.3) is 0 Å². The molecule has 0 saturated heterocycles. The largest absolute Gasteiger partial charge is 0.110 e. The maximum absolute atomic E-state index is 2.69. The van der Waals surface area contributed by atoms with Gasteiger partial charge in [0.25, 0.3) is 0 Å². The van der Waals surface area contributed by atoms with Crippen LogP contribution in [-0.4, -0.2) is 10.3 Å². The average Bonchev–Trinajstić information content (AvgIpc) is 2.32. The van der Waals surface area contributed by atoms with E-state index in [0.29, 0.717) is 10.3 Å². The van der Waals surface area contributed by atoms with Gasteiger partial charge in [-0.3, -0.25) is 0 Å². The summed E-state index contributed by atoms with van der Waals surface area (Å²) < 4.78 is 0. The Morgan fingerprint density at radius 2 is 0.870 bits per heavy atom. The highest BCUT2D eigenvalue weighted by Crippen LogP contribution is 2.62. The molecule has 0 N–H and O–H groups in total. The third-order valence-electron chi connectivity index (χ3n) is 7.84. The maximum Gasteiger partial charge on any atom is -0.0140 e. The van der Waals surface area contributed by atoms with E-state index in [1.807, 2.05) is 0 Å². The van der Waals surface area contributed by atoms with Gasteiger partial charge in [0.15, 0.2) is 0 Å². The van der Waals surface area contributed by atoms with Gasteiger partial charge in [0.2, 0.25) is 0 Å². The zero-order valence-corrected chi connectivity index (χ0v) is 17.0. The summed E-state index contributed by atoms with van der Waals surface area (Å²) in [5.41, 5.74) is 0. The molecule has 0 spiro atoms. The first-order valence-corrected chi connectivity index (χ1v) is 11.6. The number of fused-ring (bicyclic) bond motifs is 4. The molecule has 0 nitrogen and oxygen atoms in total. The van der Waals surface area contributed by atoms with Gasteiger partial charge in [0, 0.05) is 0 Å². The molecule has 4 bridgehead atoms. The summed E-state index contributed by atoms with van der Waals surface area (Å²) in [5, 5.41) is 1.39. The first-order valence-electron chi connectivity index (χ1n) is 10.6. The van der Waals surface area contributed by atoms with Crippen LogP contribution in [-0.2, 0) is 0 Å². The zero-order valence-electron chi connectivity index (χ0n) is 16.0. The van der Waals surface area contributed by atoms with Crippen molar-refractivity contribution in [2.24, 2.45) is 35.5 Å². The number of rotatable bonds is 2. The predicted molar refractivity (Wildman–Crippen MR) is 104 cm³/mol. The average molecular weight is 335 g/mol. The number of hydrogen-bond donors (Lipinski definition) is 0. The molecule has 0 radical (unpaired) electrons. The van der Waals surface area contributed by atoms with Crippen LogP contribution in [0.4, 0.5) is 0 Å². The number of hydrogen-bond acceptors (Lipinski definition) is 0. The van der Waals surface area contributed by atoms with Crippen molar-refractivity contribution in [3.8, 4) is 0 Å². The lowest BCUT2D eigenvalue weighted by Crippen LogP contribution is -2.43. The fourth-order valence-electron chi connectivity index (χ4n) is 8.11. The van der Waals surface area contributed by atoms with Gasteiger partial charge < -0.3 is 0 Å². The van der Waals surface area contributed by atoms with Crippen molar-refractivity contribution in [3.05, 3.63) is 0 Å². The minimum Gasteiger partial charge on any atom is -0.110 e. The van der Waals surface area contributed by atoms with E-state index >= 15 is 0 Å². The monoisotopic (exact) mass is 334 g/mol. The molecule has 1 heteroatoms. The van der Waals surface area contributed by atoms with Crippen molar-refractivity contribution in [1.29, 1.82) is 0 Å². The second-order valence-electron chi connectivity index (χ2n) is 11.2. The smallest absolute Gasteiger partial charge is 0.0140 e. The molecule has 4 aliphatic carbocycles.